The number of nitrogens with zero attached hydrogens (tertiary/aromatic N) is 2. The number of carbonyl (C=O) groups is 2. The first-order chi connectivity index (χ1) is 16.2. The van der Waals surface area contributed by atoms with Crippen LogP contribution in [0.15, 0.2) is 24.3 Å². The Labute approximate surface area is 205 Å². The van der Waals surface area contributed by atoms with Crippen molar-refractivity contribution in [1.82, 2.24) is 15.1 Å². The molecule has 1 aromatic rings. The first-order valence-corrected chi connectivity index (χ1v) is 12.4. The van der Waals surface area contributed by atoms with Gasteiger partial charge < -0.3 is 15.0 Å². The average Bonchev–Trinajstić information content (AvgIpc) is 2.70. The summed E-state index contributed by atoms with van der Waals surface area (Å²) in [6.07, 6.45) is -0.300. The smallest absolute Gasteiger partial charge is 0.444 e. The van der Waals surface area contributed by atoms with Crippen molar-refractivity contribution in [3.8, 4) is 0 Å². The summed E-state index contributed by atoms with van der Waals surface area (Å²) < 4.78 is 43.4. The van der Waals surface area contributed by atoms with Gasteiger partial charge in [0.1, 0.15) is 5.60 Å². The highest BCUT2D eigenvalue weighted by molar-refractivity contribution is 5.82. The molecular formula is C26H36F3N3O3. The summed E-state index contributed by atoms with van der Waals surface area (Å²) in [4.78, 5) is 28.0. The predicted octanol–water partition coefficient (Wildman–Crippen LogP) is 5.21. The Morgan fingerprint density at radius 2 is 1.57 bits per heavy atom. The minimum absolute atomic E-state index is 0.186. The summed E-state index contributed by atoms with van der Waals surface area (Å²) in [5.74, 6) is -1.06. The minimum Gasteiger partial charge on any atom is -0.444 e. The molecule has 1 aromatic carbocycles. The molecule has 4 aliphatic rings. The van der Waals surface area contributed by atoms with Crippen molar-refractivity contribution >= 4 is 12.0 Å². The fourth-order valence-corrected chi connectivity index (χ4v) is 5.69. The zero-order valence-electron chi connectivity index (χ0n) is 21.0. The first-order valence-electron chi connectivity index (χ1n) is 12.4. The van der Waals surface area contributed by atoms with E-state index in [9.17, 15) is 22.8 Å². The molecule has 194 valence electrons. The van der Waals surface area contributed by atoms with Crippen LogP contribution in [-0.2, 0) is 9.53 Å². The standard InChI is InChI=1S/C26H36F3N3O3/c1-17(30-22(33)26(27,28)29)19-5-7-20(8-6-19)21(16-25-13-18(14-25)15-25)31-9-11-32(12-10-31)23(34)35-24(2,3)4/h5-8,17-18,21H,9-16H2,1-4H3,(H,30,33)/t17-,18?,21-,25?/m0/s1. The topological polar surface area (TPSA) is 61.9 Å². The third-order valence-corrected chi connectivity index (χ3v) is 7.62. The van der Waals surface area contributed by atoms with Gasteiger partial charge in [0.25, 0.3) is 0 Å². The van der Waals surface area contributed by atoms with Crippen LogP contribution in [0.4, 0.5) is 18.0 Å². The molecule has 4 fully saturated rings. The van der Waals surface area contributed by atoms with Crippen molar-refractivity contribution in [1.29, 1.82) is 0 Å². The van der Waals surface area contributed by atoms with Gasteiger partial charge in [-0.2, -0.15) is 13.2 Å². The number of benzene rings is 1. The zero-order chi connectivity index (χ0) is 25.6. The van der Waals surface area contributed by atoms with Gasteiger partial charge in [0.05, 0.1) is 6.04 Å². The van der Waals surface area contributed by atoms with Crippen LogP contribution in [0.1, 0.15) is 76.6 Å². The van der Waals surface area contributed by atoms with Gasteiger partial charge in [-0.25, -0.2) is 4.79 Å². The maximum absolute atomic E-state index is 12.6. The largest absolute Gasteiger partial charge is 0.471 e. The molecule has 2 bridgehead atoms. The van der Waals surface area contributed by atoms with E-state index in [1.807, 2.05) is 50.4 Å². The molecule has 5 rings (SSSR count). The number of piperazine rings is 1. The molecule has 0 spiro atoms. The molecule has 6 nitrogen and oxygen atoms in total. The van der Waals surface area contributed by atoms with Gasteiger partial charge in [-0.05, 0) is 75.8 Å². The third-order valence-electron chi connectivity index (χ3n) is 7.62. The first kappa shape index (κ1) is 25.8. The normalized spacial score (nSPS) is 26.3. The van der Waals surface area contributed by atoms with Crippen molar-refractivity contribution in [2.24, 2.45) is 11.3 Å². The summed E-state index contributed by atoms with van der Waals surface area (Å²) in [5.41, 5.74) is 1.63. The highest BCUT2D eigenvalue weighted by Crippen LogP contribution is 2.68. The number of amides is 2. The monoisotopic (exact) mass is 495 g/mol. The maximum Gasteiger partial charge on any atom is 0.471 e. The van der Waals surface area contributed by atoms with Crippen LogP contribution in [0.2, 0.25) is 0 Å². The number of carbonyl (C=O) groups excluding carboxylic acids is 2. The van der Waals surface area contributed by atoms with Gasteiger partial charge in [-0.3, -0.25) is 9.69 Å². The van der Waals surface area contributed by atoms with Gasteiger partial charge >= 0.3 is 18.2 Å². The molecule has 3 saturated carbocycles. The molecule has 3 aliphatic carbocycles. The van der Waals surface area contributed by atoms with E-state index in [1.165, 1.54) is 19.3 Å². The second-order valence-corrected chi connectivity index (χ2v) is 11.6. The van der Waals surface area contributed by atoms with E-state index in [1.54, 1.807) is 11.8 Å². The van der Waals surface area contributed by atoms with E-state index in [0.717, 1.165) is 31.0 Å². The number of halogens is 3. The van der Waals surface area contributed by atoms with Crippen LogP contribution in [0, 0.1) is 11.3 Å². The number of rotatable bonds is 6. The molecule has 0 aromatic heterocycles. The van der Waals surface area contributed by atoms with Crippen LogP contribution < -0.4 is 5.32 Å². The van der Waals surface area contributed by atoms with Crippen LogP contribution in [-0.4, -0.2) is 59.8 Å². The van der Waals surface area contributed by atoms with Gasteiger partial charge in [0, 0.05) is 32.2 Å². The molecule has 1 aliphatic heterocycles. The van der Waals surface area contributed by atoms with E-state index in [0.29, 0.717) is 24.1 Å². The average molecular weight is 496 g/mol. The molecule has 9 heteroatoms. The van der Waals surface area contributed by atoms with Crippen molar-refractivity contribution in [3.63, 3.8) is 0 Å². The summed E-state index contributed by atoms with van der Waals surface area (Å²) in [5, 5.41) is 2.02. The van der Waals surface area contributed by atoms with E-state index in [-0.39, 0.29) is 12.1 Å². The van der Waals surface area contributed by atoms with Crippen LogP contribution in [0.5, 0.6) is 0 Å². The molecule has 35 heavy (non-hydrogen) atoms. The molecule has 1 saturated heterocycles. The Balaban J connectivity index is 1.43. The van der Waals surface area contributed by atoms with E-state index in [2.05, 4.69) is 4.90 Å². The lowest BCUT2D eigenvalue weighted by atomic mass is 9.42. The van der Waals surface area contributed by atoms with E-state index < -0.39 is 23.7 Å². The molecule has 1 N–H and O–H groups in total. The predicted molar refractivity (Wildman–Crippen MR) is 126 cm³/mol. The van der Waals surface area contributed by atoms with Gasteiger partial charge in [-0.1, -0.05) is 24.3 Å². The third kappa shape index (κ3) is 5.93. The molecule has 2 amide bonds. The fraction of sp³-hybridized carbons (Fsp3) is 0.692. The molecule has 2 atom stereocenters. The maximum atomic E-state index is 12.6. The Morgan fingerprint density at radius 1 is 1.03 bits per heavy atom. The van der Waals surface area contributed by atoms with Crippen molar-refractivity contribution in [2.75, 3.05) is 26.2 Å². The van der Waals surface area contributed by atoms with Crippen LogP contribution >= 0.6 is 0 Å². The quantitative estimate of drug-likeness (QED) is 0.589. The van der Waals surface area contributed by atoms with Gasteiger partial charge in [0.2, 0.25) is 0 Å². The fourth-order valence-electron chi connectivity index (χ4n) is 5.69. The highest BCUT2D eigenvalue weighted by atomic mass is 19.4. The lowest BCUT2D eigenvalue weighted by Gasteiger charge is -2.64. The van der Waals surface area contributed by atoms with E-state index >= 15 is 0 Å². The molecule has 0 radical (unpaired) electrons. The van der Waals surface area contributed by atoms with Gasteiger partial charge in [0.15, 0.2) is 0 Å². The lowest BCUT2D eigenvalue weighted by Crippen LogP contribution is -2.55. The molecular weight excluding hydrogens is 459 g/mol. The zero-order valence-corrected chi connectivity index (χ0v) is 21.0. The number of nitrogens with one attached hydrogen (secondary N) is 1. The second-order valence-electron chi connectivity index (χ2n) is 11.6. The summed E-state index contributed by atoms with van der Waals surface area (Å²) in [7, 11) is 0. The Hall–Kier alpha value is -2.29. The van der Waals surface area contributed by atoms with Crippen molar-refractivity contribution < 1.29 is 27.5 Å². The number of ether oxygens (including phenoxy) is 1. The summed E-state index contributed by atoms with van der Waals surface area (Å²) in [6.45, 7) is 9.81. The van der Waals surface area contributed by atoms with Crippen molar-refractivity contribution in [2.45, 2.75) is 77.2 Å². The summed E-state index contributed by atoms with van der Waals surface area (Å²) >= 11 is 0. The Bertz CT molecular complexity index is 917. The van der Waals surface area contributed by atoms with E-state index in [4.69, 9.17) is 4.74 Å². The number of hydrogen-bond donors (Lipinski definition) is 1. The SMILES string of the molecule is C[C@H](NC(=O)C(F)(F)F)c1ccc([C@H](CC23CC(C2)C3)N2CCN(C(=O)OC(C)(C)C)CC2)cc1. The number of alkyl halides is 3. The van der Waals surface area contributed by atoms with Crippen molar-refractivity contribution in [3.05, 3.63) is 35.4 Å². The lowest BCUT2D eigenvalue weighted by molar-refractivity contribution is -0.174. The van der Waals surface area contributed by atoms with Crippen LogP contribution in [0.3, 0.4) is 0 Å². The summed E-state index contributed by atoms with van der Waals surface area (Å²) in [6, 6.07) is 7.01. The Kier molecular flexibility index (Phi) is 6.85. The second kappa shape index (κ2) is 9.30. The van der Waals surface area contributed by atoms with Gasteiger partial charge in [-0.15, -0.1) is 0 Å². The molecule has 1 heterocycles. The molecule has 0 unspecified atom stereocenters. The Morgan fingerprint density at radius 3 is 2.03 bits per heavy atom. The number of hydrogen-bond acceptors (Lipinski definition) is 4. The highest BCUT2D eigenvalue weighted by Gasteiger charge is 2.57. The van der Waals surface area contributed by atoms with Crippen LogP contribution in [0.25, 0.3) is 0 Å². The minimum atomic E-state index is -4.90.